The SMILES string of the molecule is CCNC1CCN(c2ccn(C)n2)C(C)C1. The normalized spacial score (nSPS) is 26.1. The second-order valence-electron chi connectivity index (χ2n) is 4.67. The molecule has 0 aliphatic carbocycles. The van der Waals surface area contributed by atoms with Crippen molar-refractivity contribution in [1.29, 1.82) is 0 Å². The van der Waals surface area contributed by atoms with Crippen LogP contribution in [0.1, 0.15) is 26.7 Å². The first kappa shape index (κ1) is 11.5. The van der Waals surface area contributed by atoms with E-state index in [-0.39, 0.29) is 0 Å². The Kier molecular flexibility index (Phi) is 3.49. The lowest BCUT2D eigenvalue weighted by molar-refractivity contribution is 0.372. The van der Waals surface area contributed by atoms with Crippen molar-refractivity contribution in [2.24, 2.45) is 7.05 Å². The summed E-state index contributed by atoms with van der Waals surface area (Å²) in [4.78, 5) is 2.41. The molecule has 0 aromatic carbocycles. The van der Waals surface area contributed by atoms with Gasteiger partial charge in [-0.1, -0.05) is 6.92 Å². The summed E-state index contributed by atoms with van der Waals surface area (Å²) in [5.74, 6) is 1.12. The van der Waals surface area contributed by atoms with Gasteiger partial charge >= 0.3 is 0 Å². The Bertz CT molecular complexity index is 334. The lowest BCUT2D eigenvalue weighted by Crippen LogP contribution is -2.47. The van der Waals surface area contributed by atoms with E-state index in [0.717, 1.165) is 18.9 Å². The molecule has 1 saturated heterocycles. The van der Waals surface area contributed by atoms with Gasteiger partial charge in [0, 0.05) is 37.9 Å². The third-order valence-electron chi connectivity index (χ3n) is 3.36. The smallest absolute Gasteiger partial charge is 0.150 e. The van der Waals surface area contributed by atoms with Crippen molar-refractivity contribution < 1.29 is 0 Å². The molecule has 2 atom stereocenters. The molecule has 2 heterocycles. The van der Waals surface area contributed by atoms with E-state index in [2.05, 4.69) is 35.2 Å². The fraction of sp³-hybridized carbons (Fsp3) is 0.750. The zero-order valence-electron chi connectivity index (χ0n) is 10.5. The van der Waals surface area contributed by atoms with Crippen LogP contribution < -0.4 is 10.2 Å². The number of rotatable bonds is 3. The summed E-state index contributed by atoms with van der Waals surface area (Å²) in [6.45, 7) is 6.64. The zero-order valence-corrected chi connectivity index (χ0v) is 10.5. The zero-order chi connectivity index (χ0) is 11.5. The molecular weight excluding hydrogens is 200 g/mol. The predicted octanol–water partition coefficient (Wildman–Crippen LogP) is 1.39. The Labute approximate surface area is 97.6 Å². The first-order valence-corrected chi connectivity index (χ1v) is 6.20. The monoisotopic (exact) mass is 222 g/mol. The molecule has 1 aliphatic rings. The van der Waals surface area contributed by atoms with Gasteiger partial charge in [-0.05, 0) is 26.3 Å². The Morgan fingerprint density at radius 1 is 1.56 bits per heavy atom. The maximum absolute atomic E-state index is 4.48. The number of hydrogen-bond acceptors (Lipinski definition) is 3. The minimum Gasteiger partial charge on any atom is -0.352 e. The maximum Gasteiger partial charge on any atom is 0.150 e. The average molecular weight is 222 g/mol. The highest BCUT2D eigenvalue weighted by Gasteiger charge is 2.25. The number of aromatic nitrogens is 2. The van der Waals surface area contributed by atoms with E-state index in [1.807, 2.05) is 17.9 Å². The van der Waals surface area contributed by atoms with Crippen LogP contribution in [0.3, 0.4) is 0 Å². The number of hydrogen-bond donors (Lipinski definition) is 1. The first-order chi connectivity index (χ1) is 7.70. The van der Waals surface area contributed by atoms with E-state index < -0.39 is 0 Å². The number of piperidine rings is 1. The molecule has 4 heteroatoms. The lowest BCUT2D eigenvalue weighted by atomic mass is 9.98. The van der Waals surface area contributed by atoms with Crippen molar-refractivity contribution in [1.82, 2.24) is 15.1 Å². The van der Waals surface area contributed by atoms with E-state index >= 15 is 0 Å². The quantitative estimate of drug-likeness (QED) is 0.839. The van der Waals surface area contributed by atoms with Crippen molar-refractivity contribution in [3.05, 3.63) is 12.3 Å². The van der Waals surface area contributed by atoms with Gasteiger partial charge in [0.05, 0.1) is 0 Å². The molecule has 0 saturated carbocycles. The third-order valence-corrected chi connectivity index (χ3v) is 3.36. The van der Waals surface area contributed by atoms with Crippen LogP contribution in [0.4, 0.5) is 5.82 Å². The van der Waals surface area contributed by atoms with E-state index in [0.29, 0.717) is 12.1 Å². The molecule has 0 bridgehead atoms. The summed E-state index contributed by atoms with van der Waals surface area (Å²) in [7, 11) is 1.97. The van der Waals surface area contributed by atoms with E-state index in [1.165, 1.54) is 12.8 Å². The second-order valence-corrected chi connectivity index (χ2v) is 4.67. The van der Waals surface area contributed by atoms with Crippen LogP contribution in [0, 0.1) is 0 Å². The summed E-state index contributed by atoms with van der Waals surface area (Å²) in [6.07, 6.45) is 4.44. The second kappa shape index (κ2) is 4.87. The number of nitrogens with one attached hydrogen (secondary N) is 1. The highest BCUT2D eigenvalue weighted by atomic mass is 15.3. The molecule has 90 valence electrons. The van der Waals surface area contributed by atoms with Crippen molar-refractivity contribution in [3.8, 4) is 0 Å². The minimum atomic E-state index is 0.577. The molecule has 1 aromatic heterocycles. The van der Waals surface area contributed by atoms with Gasteiger partial charge in [0.1, 0.15) is 0 Å². The predicted molar refractivity (Wildman–Crippen MR) is 66.7 cm³/mol. The first-order valence-electron chi connectivity index (χ1n) is 6.20. The Morgan fingerprint density at radius 3 is 2.94 bits per heavy atom. The van der Waals surface area contributed by atoms with Gasteiger partial charge in [0.15, 0.2) is 5.82 Å². The number of nitrogens with zero attached hydrogens (tertiary/aromatic N) is 3. The van der Waals surface area contributed by atoms with Crippen LogP contribution in [0.5, 0.6) is 0 Å². The molecular formula is C12H22N4. The van der Waals surface area contributed by atoms with Crippen LogP contribution in [-0.4, -0.2) is 35.0 Å². The molecule has 0 spiro atoms. The van der Waals surface area contributed by atoms with Gasteiger partial charge in [0.2, 0.25) is 0 Å². The fourth-order valence-electron chi connectivity index (χ4n) is 2.54. The van der Waals surface area contributed by atoms with Crippen molar-refractivity contribution >= 4 is 5.82 Å². The molecule has 1 aliphatic heterocycles. The number of anilines is 1. The van der Waals surface area contributed by atoms with Crippen molar-refractivity contribution in [2.45, 2.75) is 38.8 Å². The average Bonchev–Trinajstić information content (AvgIpc) is 2.65. The topological polar surface area (TPSA) is 33.1 Å². The molecule has 16 heavy (non-hydrogen) atoms. The van der Waals surface area contributed by atoms with Gasteiger partial charge in [-0.15, -0.1) is 0 Å². The maximum atomic E-state index is 4.48. The molecule has 0 radical (unpaired) electrons. The summed E-state index contributed by atoms with van der Waals surface area (Å²) < 4.78 is 1.87. The van der Waals surface area contributed by atoms with Gasteiger partial charge in [0.25, 0.3) is 0 Å². The molecule has 2 rings (SSSR count). The van der Waals surface area contributed by atoms with Gasteiger partial charge in [-0.25, -0.2) is 0 Å². The molecule has 1 aromatic rings. The molecule has 2 unspecified atom stereocenters. The van der Waals surface area contributed by atoms with E-state index in [1.54, 1.807) is 0 Å². The molecule has 0 amide bonds. The van der Waals surface area contributed by atoms with Gasteiger partial charge in [-0.2, -0.15) is 5.10 Å². The summed E-state index contributed by atoms with van der Waals surface area (Å²) in [6, 6.07) is 3.36. The fourth-order valence-corrected chi connectivity index (χ4v) is 2.54. The van der Waals surface area contributed by atoms with Crippen molar-refractivity contribution in [3.63, 3.8) is 0 Å². The van der Waals surface area contributed by atoms with Crippen LogP contribution in [0.15, 0.2) is 12.3 Å². The highest BCUT2D eigenvalue weighted by molar-refractivity contribution is 5.39. The van der Waals surface area contributed by atoms with E-state index in [4.69, 9.17) is 0 Å². The summed E-state index contributed by atoms with van der Waals surface area (Å²) in [5, 5.41) is 8.02. The highest BCUT2D eigenvalue weighted by Crippen LogP contribution is 2.22. The standard InChI is InChI=1S/C12H22N4/c1-4-13-11-5-8-16(10(2)9-11)12-6-7-15(3)14-12/h6-7,10-11,13H,4-5,8-9H2,1-3H3. The summed E-state index contributed by atoms with van der Waals surface area (Å²) in [5.41, 5.74) is 0. The Morgan fingerprint density at radius 2 is 2.38 bits per heavy atom. The number of aryl methyl sites for hydroxylation is 1. The van der Waals surface area contributed by atoms with Crippen molar-refractivity contribution in [2.75, 3.05) is 18.0 Å². The van der Waals surface area contributed by atoms with Crippen LogP contribution in [0.2, 0.25) is 0 Å². The van der Waals surface area contributed by atoms with Gasteiger partial charge in [-0.3, -0.25) is 4.68 Å². The molecule has 1 fully saturated rings. The van der Waals surface area contributed by atoms with E-state index in [9.17, 15) is 0 Å². The summed E-state index contributed by atoms with van der Waals surface area (Å²) >= 11 is 0. The third kappa shape index (κ3) is 2.38. The molecule has 1 N–H and O–H groups in total. The minimum absolute atomic E-state index is 0.577. The Balaban J connectivity index is 1.99. The van der Waals surface area contributed by atoms with Gasteiger partial charge < -0.3 is 10.2 Å². The lowest BCUT2D eigenvalue weighted by Gasteiger charge is -2.38. The largest absolute Gasteiger partial charge is 0.352 e. The van der Waals surface area contributed by atoms with Crippen LogP contribution in [-0.2, 0) is 7.05 Å². The van der Waals surface area contributed by atoms with Crippen LogP contribution >= 0.6 is 0 Å². The Hall–Kier alpha value is -1.03. The van der Waals surface area contributed by atoms with Crippen LogP contribution in [0.25, 0.3) is 0 Å². The molecule has 4 nitrogen and oxygen atoms in total.